The summed E-state index contributed by atoms with van der Waals surface area (Å²) in [6.07, 6.45) is 2.23. The molecule has 2 rings (SSSR count). The van der Waals surface area contributed by atoms with E-state index in [0.29, 0.717) is 17.5 Å². The highest BCUT2D eigenvalue weighted by Crippen LogP contribution is 2.27. The Bertz CT molecular complexity index is 557. The highest BCUT2D eigenvalue weighted by Gasteiger charge is 2.15. The van der Waals surface area contributed by atoms with Crippen molar-refractivity contribution in [2.24, 2.45) is 0 Å². The molecule has 2 aromatic rings. The van der Waals surface area contributed by atoms with E-state index in [9.17, 15) is 14.9 Å². The molecule has 0 bridgehead atoms. The summed E-state index contributed by atoms with van der Waals surface area (Å²) in [6, 6.07) is 4.84. The van der Waals surface area contributed by atoms with Gasteiger partial charge in [0.25, 0.3) is 5.69 Å². The number of hydrogen-bond acceptors (Lipinski definition) is 3. The Kier molecular flexibility index (Phi) is 2.00. The third-order valence-electron chi connectivity index (χ3n) is 2.42. The van der Waals surface area contributed by atoms with E-state index < -0.39 is 4.92 Å². The number of aromatic nitrogens is 1. The van der Waals surface area contributed by atoms with Crippen molar-refractivity contribution in [1.82, 2.24) is 4.57 Å². The van der Waals surface area contributed by atoms with Gasteiger partial charge in [-0.15, -0.1) is 0 Å². The largest absolute Gasteiger partial charge is 0.289 e. The van der Waals surface area contributed by atoms with Crippen LogP contribution < -0.4 is 0 Å². The topological polar surface area (TPSA) is 65.1 Å². The highest BCUT2D eigenvalue weighted by molar-refractivity contribution is 5.90. The molecule has 0 unspecified atom stereocenters. The van der Waals surface area contributed by atoms with E-state index in [-0.39, 0.29) is 5.69 Å². The SMILES string of the molecule is Cc1c([N+](=O)[O-])ccc2ccn(C=O)c12. The van der Waals surface area contributed by atoms with Crippen LogP contribution >= 0.6 is 0 Å². The molecule has 0 aliphatic carbocycles. The van der Waals surface area contributed by atoms with Crippen LogP contribution in [0.2, 0.25) is 0 Å². The summed E-state index contributed by atoms with van der Waals surface area (Å²) in [7, 11) is 0. The van der Waals surface area contributed by atoms with Gasteiger partial charge in [-0.25, -0.2) is 0 Å². The first-order chi connectivity index (χ1) is 7.15. The molecule has 1 heterocycles. The summed E-state index contributed by atoms with van der Waals surface area (Å²) < 4.78 is 1.34. The number of fused-ring (bicyclic) bond motifs is 1. The number of rotatable bonds is 2. The molecular formula is C10H8N2O3. The molecule has 0 atom stereocenters. The number of carbonyl (C=O) groups is 1. The van der Waals surface area contributed by atoms with Crippen LogP contribution in [0.15, 0.2) is 24.4 Å². The summed E-state index contributed by atoms with van der Waals surface area (Å²) in [5.41, 5.74) is 1.14. The van der Waals surface area contributed by atoms with Gasteiger partial charge in [0.1, 0.15) is 0 Å². The molecule has 0 spiro atoms. The minimum atomic E-state index is -0.448. The first-order valence-corrected chi connectivity index (χ1v) is 4.35. The lowest BCUT2D eigenvalue weighted by Crippen LogP contribution is -1.97. The second-order valence-corrected chi connectivity index (χ2v) is 3.23. The molecule has 15 heavy (non-hydrogen) atoms. The van der Waals surface area contributed by atoms with Crippen LogP contribution in [0.25, 0.3) is 10.9 Å². The van der Waals surface area contributed by atoms with Crippen molar-refractivity contribution in [2.75, 3.05) is 0 Å². The fourth-order valence-corrected chi connectivity index (χ4v) is 1.71. The quantitative estimate of drug-likeness (QED) is 0.426. The first-order valence-electron chi connectivity index (χ1n) is 4.35. The van der Waals surface area contributed by atoms with Gasteiger partial charge in [0.15, 0.2) is 0 Å². The molecule has 0 radical (unpaired) electrons. The number of aryl methyl sites for hydroxylation is 1. The zero-order valence-corrected chi connectivity index (χ0v) is 8.01. The Morgan fingerprint density at radius 3 is 2.73 bits per heavy atom. The Morgan fingerprint density at radius 1 is 1.40 bits per heavy atom. The van der Waals surface area contributed by atoms with Crippen LogP contribution in [0.5, 0.6) is 0 Å². The Balaban J connectivity index is 2.86. The fraction of sp³-hybridized carbons (Fsp3) is 0.100. The molecule has 0 saturated heterocycles. The van der Waals surface area contributed by atoms with Crippen molar-refractivity contribution in [3.8, 4) is 0 Å². The lowest BCUT2D eigenvalue weighted by Gasteiger charge is -2.01. The molecule has 5 heteroatoms. The van der Waals surface area contributed by atoms with Gasteiger partial charge in [0.05, 0.1) is 16.0 Å². The molecule has 0 aliphatic heterocycles. The van der Waals surface area contributed by atoms with Gasteiger partial charge in [-0.2, -0.15) is 0 Å². The molecule has 0 saturated carbocycles. The number of nitro benzene ring substituents is 1. The van der Waals surface area contributed by atoms with Gasteiger partial charge in [-0.1, -0.05) is 0 Å². The third-order valence-corrected chi connectivity index (χ3v) is 2.42. The highest BCUT2D eigenvalue weighted by atomic mass is 16.6. The zero-order valence-electron chi connectivity index (χ0n) is 8.01. The van der Waals surface area contributed by atoms with E-state index in [4.69, 9.17) is 0 Å². The van der Waals surface area contributed by atoms with Gasteiger partial charge < -0.3 is 0 Å². The van der Waals surface area contributed by atoms with Gasteiger partial charge in [-0.3, -0.25) is 19.5 Å². The summed E-state index contributed by atoms with van der Waals surface area (Å²) >= 11 is 0. The third kappa shape index (κ3) is 1.28. The van der Waals surface area contributed by atoms with Crippen molar-refractivity contribution in [2.45, 2.75) is 6.92 Å². The second-order valence-electron chi connectivity index (χ2n) is 3.23. The van der Waals surface area contributed by atoms with Crippen molar-refractivity contribution in [1.29, 1.82) is 0 Å². The van der Waals surface area contributed by atoms with E-state index in [0.717, 1.165) is 5.39 Å². The predicted octanol–water partition coefficient (Wildman–Crippen LogP) is 1.90. The average Bonchev–Trinajstić information content (AvgIpc) is 2.61. The Labute approximate surface area is 85.1 Å². The minimum Gasteiger partial charge on any atom is -0.289 e. The Morgan fingerprint density at radius 2 is 2.13 bits per heavy atom. The van der Waals surface area contributed by atoms with E-state index in [1.807, 2.05) is 0 Å². The van der Waals surface area contributed by atoms with Crippen LogP contribution in [0, 0.1) is 17.0 Å². The summed E-state index contributed by atoms with van der Waals surface area (Å²) in [6.45, 7) is 1.64. The first kappa shape index (κ1) is 9.39. The predicted molar refractivity (Wildman–Crippen MR) is 55.5 cm³/mol. The van der Waals surface area contributed by atoms with E-state index in [2.05, 4.69) is 0 Å². The normalized spacial score (nSPS) is 10.5. The summed E-state index contributed by atoms with van der Waals surface area (Å²) in [4.78, 5) is 21.0. The van der Waals surface area contributed by atoms with E-state index in [1.165, 1.54) is 10.6 Å². The zero-order chi connectivity index (χ0) is 11.0. The van der Waals surface area contributed by atoms with Crippen LogP contribution in [0.3, 0.4) is 0 Å². The molecule has 5 nitrogen and oxygen atoms in total. The van der Waals surface area contributed by atoms with Crippen LogP contribution in [0.4, 0.5) is 5.69 Å². The van der Waals surface area contributed by atoms with Crippen LogP contribution in [0.1, 0.15) is 5.56 Å². The summed E-state index contributed by atoms with van der Waals surface area (Å²) in [5, 5.41) is 11.5. The molecule has 0 N–H and O–H groups in total. The van der Waals surface area contributed by atoms with Gasteiger partial charge >= 0.3 is 0 Å². The second kappa shape index (κ2) is 3.20. The van der Waals surface area contributed by atoms with Crippen molar-refractivity contribution >= 4 is 23.0 Å². The van der Waals surface area contributed by atoms with Gasteiger partial charge in [0, 0.05) is 17.6 Å². The Hall–Kier alpha value is -2.17. The number of hydrogen-bond donors (Lipinski definition) is 0. The molecule has 1 aromatic heterocycles. The minimum absolute atomic E-state index is 0.0318. The molecule has 1 aromatic carbocycles. The fourth-order valence-electron chi connectivity index (χ4n) is 1.71. The van der Waals surface area contributed by atoms with Gasteiger partial charge in [-0.05, 0) is 19.1 Å². The molecule has 0 fully saturated rings. The lowest BCUT2D eigenvalue weighted by molar-refractivity contribution is -0.385. The molecule has 0 aliphatic rings. The number of nitro groups is 1. The van der Waals surface area contributed by atoms with Crippen molar-refractivity contribution in [3.05, 3.63) is 40.1 Å². The van der Waals surface area contributed by atoms with Crippen molar-refractivity contribution < 1.29 is 9.72 Å². The summed E-state index contributed by atoms with van der Waals surface area (Å²) in [5.74, 6) is 0. The maximum atomic E-state index is 10.7. The molecule has 0 amide bonds. The van der Waals surface area contributed by atoms with E-state index in [1.54, 1.807) is 25.3 Å². The number of carbonyl (C=O) groups excluding carboxylic acids is 1. The average molecular weight is 204 g/mol. The lowest BCUT2D eigenvalue weighted by atomic mass is 10.1. The van der Waals surface area contributed by atoms with Crippen molar-refractivity contribution in [3.63, 3.8) is 0 Å². The smallest absolute Gasteiger partial charge is 0.274 e. The standard InChI is InChI=1S/C10H8N2O3/c1-7-9(12(14)15)3-2-8-4-5-11(6-13)10(7)8/h2-6H,1H3. The monoisotopic (exact) mass is 204 g/mol. The van der Waals surface area contributed by atoms with Crippen LogP contribution in [-0.2, 0) is 4.79 Å². The maximum Gasteiger partial charge on any atom is 0.274 e. The number of nitrogens with zero attached hydrogens (tertiary/aromatic N) is 2. The van der Waals surface area contributed by atoms with Gasteiger partial charge in [0.2, 0.25) is 6.41 Å². The van der Waals surface area contributed by atoms with E-state index >= 15 is 0 Å². The van der Waals surface area contributed by atoms with Crippen LogP contribution in [-0.4, -0.2) is 15.9 Å². The number of benzene rings is 1. The maximum absolute atomic E-state index is 10.7. The molecular weight excluding hydrogens is 196 g/mol. The molecule has 76 valence electrons.